The zero-order chi connectivity index (χ0) is 13.1. The van der Waals surface area contributed by atoms with E-state index in [9.17, 15) is 0 Å². The van der Waals surface area contributed by atoms with Crippen molar-refractivity contribution in [3.05, 3.63) is 12.2 Å². The molecular formula is C18H29N. The average Bonchev–Trinajstić information content (AvgIpc) is 2.79. The Bertz CT molecular complexity index is 400. The topological polar surface area (TPSA) is 12.0 Å². The van der Waals surface area contributed by atoms with Crippen molar-refractivity contribution in [2.24, 2.45) is 29.1 Å². The molecule has 4 rings (SSSR count). The van der Waals surface area contributed by atoms with Crippen LogP contribution in [0.4, 0.5) is 0 Å². The van der Waals surface area contributed by atoms with E-state index < -0.39 is 0 Å². The highest BCUT2D eigenvalue weighted by Gasteiger charge is 2.56. The van der Waals surface area contributed by atoms with Gasteiger partial charge in [-0.1, -0.05) is 19.1 Å². The van der Waals surface area contributed by atoms with Crippen molar-refractivity contribution in [1.82, 2.24) is 5.32 Å². The Hall–Kier alpha value is -0.300. The summed E-state index contributed by atoms with van der Waals surface area (Å²) in [7, 11) is 0. The molecule has 6 atom stereocenters. The zero-order valence-electron chi connectivity index (χ0n) is 12.6. The summed E-state index contributed by atoms with van der Waals surface area (Å²) in [6.45, 7) is 6.36. The Morgan fingerprint density at radius 3 is 2.79 bits per heavy atom. The van der Waals surface area contributed by atoms with Crippen molar-refractivity contribution in [3.8, 4) is 0 Å². The molecular weight excluding hydrogens is 230 g/mol. The monoisotopic (exact) mass is 259 g/mol. The Morgan fingerprint density at radius 2 is 1.89 bits per heavy atom. The fourth-order valence-electron chi connectivity index (χ4n) is 6.40. The molecule has 1 aliphatic heterocycles. The van der Waals surface area contributed by atoms with Crippen LogP contribution in [-0.2, 0) is 0 Å². The van der Waals surface area contributed by atoms with Gasteiger partial charge in [-0.25, -0.2) is 0 Å². The number of hydrogen-bond acceptors (Lipinski definition) is 1. The van der Waals surface area contributed by atoms with Gasteiger partial charge in [0.25, 0.3) is 0 Å². The van der Waals surface area contributed by atoms with Gasteiger partial charge < -0.3 is 5.32 Å². The van der Waals surface area contributed by atoms with Gasteiger partial charge in [0, 0.05) is 5.54 Å². The van der Waals surface area contributed by atoms with Gasteiger partial charge in [-0.05, 0) is 87.5 Å². The number of rotatable bonds is 0. The molecule has 0 aromatic carbocycles. The van der Waals surface area contributed by atoms with Crippen LogP contribution in [-0.4, -0.2) is 12.1 Å². The maximum atomic E-state index is 3.83. The third kappa shape index (κ3) is 1.63. The van der Waals surface area contributed by atoms with E-state index in [1.807, 2.05) is 0 Å². The van der Waals surface area contributed by atoms with E-state index in [4.69, 9.17) is 0 Å². The smallest absolute Gasteiger partial charge is 0.0184 e. The van der Waals surface area contributed by atoms with Crippen molar-refractivity contribution < 1.29 is 0 Å². The van der Waals surface area contributed by atoms with E-state index >= 15 is 0 Å². The van der Waals surface area contributed by atoms with Crippen molar-refractivity contribution in [1.29, 1.82) is 0 Å². The van der Waals surface area contributed by atoms with Gasteiger partial charge in [-0.15, -0.1) is 0 Å². The average molecular weight is 259 g/mol. The lowest BCUT2D eigenvalue weighted by Gasteiger charge is -2.58. The predicted molar refractivity (Wildman–Crippen MR) is 79.9 cm³/mol. The second-order valence-corrected chi connectivity index (χ2v) is 8.17. The molecule has 106 valence electrons. The standard InChI is InChI=1S/C18H29N/c1-17-10-4-3-5-13(17)6-7-14-15(17)8-11-18(2)16(14)9-12-19-18/h4,10,13-16,19H,3,5-9,11-12H2,1-2H3/t13?,14-,15-,16+,17+,18+/m1/s1. The molecule has 1 heterocycles. The maximum Gasteiger partial charge on any atom is 0.0184 e. The highest BCUT2D eigenvalue weighted by molar-refractivity contribution is 5.16. The quantitative estimate of drug-likeness (QED) is 0.645. The Labute approximate surface area is 118 Å². The molecule has 1 nitrogen and oxygen atoms in total. The summed E-state index contributed by atoms with van der Waals surface area (Å²) >= 11 is 0. The number of allylic oxidation sites excluding steroid dienone is 2. The largest absolute Gasteiger partial charge is 0.311 e. The zero-order valence-corrected chi connectivity index (χ0v) is 12.6. The maximum absolute atomic E-state index is 3.83. The van der Waals surface area contributed by atoms with Crippen LogP contribution < -0.4 is 5.32 Å². The van der Waals surface area contributed by atoms with Gasteiger partial charge in [0.2, 0.25) is 0 Å². The lowest BCUT2D eigenvalue weighted by molar-refractivity contribution is -0.0489. The van der Waals surface area contributed by atoms with Crippen LogP contribution in [0.15, 0.2) is 12.2 Å². The summed E-state index contributed by atoms with van der Waals surface area (Å²) in [5.74, 6) is 3.91. The van der Waals surface area contributed by atoms with Gasteiger partial charge in [0.15, 0.2) is 0 Å². The van der Waals surface area contributed by atoms with Crippen LogP contribution in [0.5, 0.6) is 0 Å². The summed E-state index contributed by atoms with van der Waals surface area (Å²) < 4.78 is 0. The normalized spacial score (nSPS) is 56.3. The van der Waals surface area contributed by atoms with Gasteiger partial charge in [-0.3, -0.25) is 0 Å². The fourth-order valence-corrected chi connectivity index (χ4v) is 6.40. The molecule has 0 bridgehead atoms. The molecule has 3 aliphatic carbocycles. The predicted octanol–water partition coefficient (Wildman–Crippen LogP) is 4.15. The molecule has 4 aliphatic rings. The van der Waals surface area contributed by atoms with E-state index in [1.165, 1.54) is 51.5 Å². The van der Waals surface area contributed by atoms with E-state index in [0.29, 0.717) is 11.0 Å². The number of hydrogen-bond donors (Lipinski definition) is 1. The van der Waals surface area contributed by atoms with Crippen LogP contribution in [0, 0.1) is 29.1 Å². The fraction of sp³-hybridized carbons (Fsp3) is 0.889. The Kier molecular flexibility index (Phi) is 2.68. The van der Waals surface area contributed by atoms with Gasteiger partial charge in [0.1, 0.15) is 0 Å². The molecule has 1 saturated heterocycles. The first-order valence-electron chi connectivity index (χ1n) is 8.56. The van der Waals surface area contributed by atoms with Crippen LogP contribution in [0.1, 0.15) is 58.8 Å². The lowest BCUT2D eigenvalue weighted by atomic mass is 9.47. The summed E-state index contributed by atoms with van der Waals surface area (Å²) in [5, 5.41) is 3.83. The van der Waals surface area contributed by atoms with Crippen molar-refractivity contribution >= 4 is 0 Å². The summed E-state index contributed by atoms with van der Waals surface area (Å²) in [6, 6.07) is 0. The summed E-state index contributed by atoms with van der Waals surface area (Å²) in [4.78, 5) is 0. The van der Waals surface area contributed by atoms with E-state index in [-0.39, 0.29) is 0 Å². The first-order chi connectivity index (χ1) is 9.13. The minimum absolute atomic E-state index is 0.475. The molecule has 19 heavy (non-hydrogen) atoms. The van der Waals surface area contributed by atoms with E-state index in [0.717, 1.165) is 23.7 Å². The van der Waals surface area contributed by atoms with Crippen molar-refractivity contribution in [2.75, 3.05) is 6.54 Å². The first kappa shape index (κ1) is 12.4. The van der Waals surface area contributed by atoms with E-state index in [1.54, 1.807) is 0 Å². The van der Waals surface area contributed by atoms with Crippen LogP contribution in [0.2, 0.25) is 0 Å². The van der Waals surface area contributed by atoms with E-state index in [2.05, 4.69) is 31.3 Å². The number of fused-ring (bicyclic) bond motifs is 5. The summed E-state index contributed by atoms with van der Waals surface area (Å²) in [5.41, 5.74) is 1.01. The third-order valence-corrected chi connectivity index (χ3v) is 7.50. The van der Waals surface area contributed by atoms with Crippen molar-refractivity contribution in [3.63, 3.8) is 0 Å². The van der Waals surface area contributed by atoms with Gasteiger partial charge in [-0.2, -0.15) is 0 Å². The second-order valence-electron chi connectivity index (χ2n) is 8.17. The molecule has 0 aromatic rings. The molecule has 1 unspecified atom stereocenters. The third-order valence-electron chi connectivity index (χ3n) is 7.50. The minimum Gasteiger partial charge on any atom is -0.311 e. The Morgan fingerprint density at radius 1 is 1.00 bits per heavy atom. The lowest BCUT2D eigenvalue weighted by Crippen LogP contribution is -2.55. The van der Waals surface area contributed by atoms with Crippen molar-refractivity contribution in [2.45, 2.75) is 64.3 Å². The van der Waals surface area contributed by atoms with Gasteiger partial charge in [0.05, 0.1) is 0 Å². The molecule has 0 radical (unpaired) electrons. The molecule has 0 spiro atoms. The van der Waals surface area contributed by atoms with Crippen LogP contribution in [0.25, 0.3) is 0 Å². The minimum atomic E-state index is 0.475. The second kappa shape index (κ2) is 4.10. The van der Waals surface area contributed by atoms with Crippen LogP contribution in [0.3, 0.4) is 0 Å². The molecule has 1 heteroatoms. The van der Waals surface area contributed by atoms with Gasteiger partial charge >= 0.3 is 0 Å². The van der Waals surface area contributed by atoms with Crippen LogP contribution >= 0.6 is 0 Å². The Balaban J connectivity index is 1.68. The molecule has 0 amide bonds. The first-order valence-corrected chi connectivity index (χ1v) is 8.56. The highest BCUT2D eigenvalue weighted by atomic mass is 15.0. The SMILES string of the molecule is C[C@]12C=CCCC1CC[C@@H]1[C@H]2CC[C@]2(C)NCC[C@@H]12. The molecule has 1 N–H and O–H groups in total. The molecule has 0 aromatic heterocycles. The summed E-state index contributed by atoms with van der Waals surface area (Å²) in [6.07, 6.45) is 15.2. The highest BCUT2D eigenvalue weighted by Crippen LogP contribution is 2.61. The molecule has 3 fully saturated rings. The molecule has 2 saturated carbocycles. The number of nitrogens with one attached hydrogen (secondary N) is 1.